The largest absolute Gasteiger partial charge is 0.416 e. The van der Waals surface area contributed by atoms with Gasteiger partial charge in [-0.05, 0) is 60.4 Å². The van der Waals surface area contributed by atoms with Crippen molar-refractivity contribution in [2.24, 2.45) is 5.41 Å². The Morgan fingerprint density at radius 1 is 1.06 bits per heavy atom. The van der Waals surface area contributed by atoms with Crippen molar-refractivity contribution in [3.63, 3.8) is 0 Å². The molecule has 6 rings (SSSR count). The third-order valence-corrected chi connectivity index (χ3v) is 7.28. The van der Waals surface area contributed by atoms with Crippen LogP contribution in [0.2, 0.25) is 0 Å². The number of anilines is 2. The monoisotopic (exact) mass is 485 g/mol. The fourth-order valence-corrected chi connectivity index (χ4v) is 5.64. The molecule has 0 aromatic heterocycles. The lowest BCUT2D eigenvalue weighted by Gasteiger charge is -2.67. The first-order valence-corrected chi connectivity index (χ1v) is 11.5. The van der Waals surface area contributed by atoms with Gasteiger partial charge >= 0.3 is 6.18 Å². The van der Waals surface area contributed by atoms with Gasteiger partial charge in [0.15, 0.2) is 0 Å². The molecule has 3 aromatic carbocycles. The third-order valence-electron chi connectivity index (χ3n) is 6.56. The Bertz CT molecular complexity index is 1380. The average molecular weight is 485 g/mol. The standard InChI is InChI=1S/C24H18F3N3O3S/c25-24(26,27)17-6-8-19(21(31)29-23-11-22(12-23,13-23)14-28)20(10-17)30(34(32)33)18-7-5-15-3-1-2-4-16(15)9-18/h1-10H,11-13H2,(H,29,31)(H,32,33). The van der Waals surface area contributed by atoms with Crippen LogP contribution in [0.3, 0.4) is 0 Å². The van der Waals surface area contributed by atoms with E-state index in [1.807, 2.05) is 12.1 Å². The molecule has 3 aliphatic carbocycles. The van der Waals surface area contributed by atoms with Crippen LogP contribution in [-0.2, 0) is 17.4 Å². The second kappa shape index (κ2) is 7.55. The van der Waals surface area contributed by atoms with Gasteiger partial charge in [0.25, 0.3) is 17.2 Å². The molecule has 0 spiro atoms. The summed E-state index contributed by atoms with van der Waals surface area (Å²) in [6.45, 7) is 0. The smallest absolute Gasteiger partial charge is 0.346 e. The molecule has 1 amide bonds. The molecule has 0 aliphatic heterocycles. The number of hydrogen-bond acceptors (Lipinski definition) is 3. The Hall–Kier alpha value is -3.42. The highest BCUT2D eigenvalue weighted by Gasteiger charge is 2.69. The molecule has 1 unspecified atom stereocenters. The van der Waals surface area contributed by atoms with Gasteiger partial charge < -0.3 is 5.32 Å². The van der Waals surface area contributed by atoms with Crippen LogP contribution < -0.4 is 9.62 Å². The molecule has 0 saturated heterocycles. The first-order valence-electron chi connectivity index (χ1n) is 10.4. The SMILES string of the molecule is N#CC12CC(NC(=O)c3ccc(C(F)(F)F)cc3N(c3ccc4ccccc4c3)S(=O)O)(C1)C2. The van der Waals surface area contributed by atoms with Crippen molar-refractivity contribution in [3.05, 3.63) is 71.8 Å². The predicted octanol–water partition coefficient (Wildman–Crippen LogP) is 5.31. The molecular weight excluding hydrogens is 467 g/mol. The first kappa shape index (κ1) is 22.4. The van der Waals surface area contributed by atoms with Gasteiger partial charge in [-0.3, -0.25) is 9.35 Å². The summed E-state index contributed by atoms with van der Waals surface area (Å²) in [6, 6.07) is 16.7. The fourth-order valence-electron chi connectivity index (χ4n) is 5.03. The van der Waals surface area contributed by atoms with E-state index in [1.54, 1.807) is 24.3 Å². The van der Waals surface area contributed by atoms with Gasteiger partial charge in [0.2, 0.25) is 0 Å². The van der Waals surface area contributed by atoms with Crippen molar-refractivity contribution in [2.45, 2.75) is 31.0 Å². The lowest BCUT2D eigenvalue weighted by atomic mass is 9.40. The molecule has 3 fully saturated rings. The molecule has 3 aromatic rings. The summed E-state index contributed by atoms with van der Waals surface area (Å²) >= 11 is -2.78. The predicted molar refractivity (Wildman–Crippen MR) is 120 cm³/mol. The van der Waals surface area contributed by atoms with E-state index in [2.05, 4.69) is 11.4 Å². The molecule has 174 valence electrons. The van der Waals surface area contributed by atoms with E-state index < -0.39 is 39.9 Å². The third kappa shape index (κ3) is 3.61. The lowest BCUT2D eigenvalue weighted by molar-refractivity contribution is -0.137. The number of rotatable bonds is 5. The van der Waals surface area contributed by atoms with Gasteiger partial charge in [0.1, 0.15) is 0 Å². The number of halogens is 3. The van der Waals surface area contributed by atoms with Gasteiger partial charge in [-0.2, -0.15) is 18.4 Å². The number of amides is 1. The molecular formula is C24H18F3N3O3S. The van der Waals surface area contributed by atoms with E-state index in [0.29, 0.717) is 30.7 Å². The van der Waals surface area contributed by atoms with E-state index >= 15 is 0 Å². The maximum atomic E-state index is 13.5. The van der Waals surface area contributed by atoms with Crippen molar-refractivity contribution in [1.82, 2.24) is 5.32 Å². The number of nitrogens with zero attached hydrogens (tertiary/aromatic N) is 2. The van der Waals surface area contributed by atoms with Crippen molar-refractivity contribution in [3.8, 4) is 6.07 Å². The summed E-state index contributed by atoms with van der Waals surface area (Å²) in [5, 5.41) is 13.6. The number of nitrogens with one attached hydrogen (secondary N) is 1. The van der Waals surface area contributed by atoms with Gasteiger partial charge in [-0.25, -0.2) is 8.51 Å². The average Bonchev–Trinajstić information content (AvgIpc) is 2.74. The highest BCUT2D eigenvalue weighted by molar-refractivity contribution is 7.81. The minimum absolute atomic E-state index is 0.154. The van der Waals surface area contributed by atoms with Crippen LogP contribution in [0.5, 0.6) is 0 Å². The summed E-state index contributed by atoms with van der Waals surface area (Å²) in [7, 11) is 0. The molecule has 0 radical (unpaired) electrons. The number of nitriles is 1. The van der Waals surface area contributed by atoms with Crippen molar-refractivity contribution in [2.75, 3.05) is 4.31 Å². The topological polar surface area (TPSA) is 93.4 Å². The first-order chi connectivity index (χ1) is 16.0. The number of carbonyl (C=O) groups is 1. The summed E-state index contributed by atoms with van der Waals surface area (Å²) < 4.78 is 63.8. The maximum absolute atomic E-state index is 13.5. The summed E-state index contributed by atoms with van der Waals surface area (Å²) in [5.41, 5.74) is -2.39. The minimum Gasteiger partial charge on any atom is -0.346 e. The van der Waals surface area contributed by atoms with Crippen LogP contribution in [0.4, 0.5) is 24.5 Å². The fraction of sp³-hybridized carbons (Fsp3) is 0.250. The quantitative estimate of drug-likeness (QED) is 0.479. The zero-order chi connectivity index (χ0) is 24.3. The number of fused-ring (bicyclic) bond motifs is 1. The van der Waals surface area contributed by atoms with Crippen LogP contribution in [-0.4, -0.2) is 20.2 Å². The van der Waals surface area contributed by atoms with Crippen LogP contribution in [0, 0.1) is 16.7 Å². The Kier molecular flexibility index (Phi) is 4.97. The molecule has 3 aliphatic rings. The lowest BCUT2D eigenvalue weighted by Crippen LogP contribution is -2.74. The number of hydrogen-bond donors (Lipinski definition) is 2. The molecule has 0 heterocycles. The van der Waals surface area contributed by atoms with E-state index in [9.17, 15) is 32.0 Å². The van der Waals surface area contributed by atoms with Crippen LogP contribution >= 0.6 is 0 Å². The number of alkyl halides is 3. The molecule has 2 N–H and O–H groups in total. The van der Waals surface area contributed by atoms with E-state index in [4.69, 9.17) is 0 Å². The van der Waals surface area contributed by atoms with Crippen LogP contribution in [0.1, 0.15) is 35.2 Å². The second-order valence-corrected chi connectivity index (χ2v) is 9.77. The van der Waals surface area contributed by atoms with E-state index in [1.165, 1.54) is 6.07 Å². The Morgan fingerprint density at radius 3 is 2.35 bits per heavy atom. The molecule has 34 heavy (non-hydrogen) atoms. The summed E-state index contributed by atoms with van der Waals surface area (Å²) in [5.74, 6) is -0.661. The van der Waals surface area contributed by atoms with Gasteiger partial charge in [0, 0.05) is 5.54 Å². The summed E-state index contributed by atoms with van der Waals surface area (Å²) in [6.07, 6.45) is -3.27. The van der Waals surface area contributed by atoms with Crippen LogP contribution in [0.15, 0.2) is 60.7 Å². The zero-order valence-corrected chi connectivity index (χ0v) is 18.4. The van der Waals surface area contributed by atoms with Crippen molar-refractivity contribution >= 4 is 39.3 Å². The van der Waals surface area contributed by atoms with Crippen molar-refractivity contribution in [1.29, 1.82) is 5.26 Å². The molecule has 2 bridgehead atoms. The normalized spacial score (nSPS) is 23.9. The van der Waals surface area contributed by atoms with E-state index in [-0.39, 0.29) is 16.9 Å². The molecule has 1 atom stereocenters. The highest BCUT2D eigenvalue weighted by atomic mass is 32.2. The van der Waals surface area contributed by atoms with Crippen LogP contribution in [0.25, 0.3) is 10.8 Å². The molecule has 10 heteroatoms. The number of carbonyl (C=O) groups excluding carboxylic acids is 1. The maximum Gasteiger partial charge on any atom is 0.416 e. The Morgan fingerprint density at radius 2 is 1.74 bits per heavy atom. The zero-order valence-electron chi connectivity index (χ0n) is 17.6. The number of benzene rings is 3. The second-order valence-electron chi connectivity index (χ2n) is 8.94. The van der Waals surface area contributed by atoms with Gasteiger partial charge in [-0.15, -0.1) is 0 Å². The van der Waals surface area contributed by atoms with Crippen molar-refractivity contribution < 1.29 is 26.7 Å². The minimum atomic E-state index is -4.72. The van der Waals surface area contributed by atoms with Gasteiger partial charge in [0.05, 0.1) is 34.0 Å². The summed E-state index contributed by atoms with van der Waals surface area (Å²) in [4.78, 5) is 13.1. The Labute approximate surface area is 195 Å². The highest BCUT2D eigenvalue weighted by Crippen LogP contribution is 2.66. The Balaban J connectivity index is 1.58. The molecule has 6 nitrogen and oxygen atoms in total. The van der Waals surface area contributed by atoms with E-state index in [0.717, 1.165) is 21.8 Å². The molecule has 3 saturated carbocycles. The van der Waals surface area contributed by atoms with Gasteiger partial charge in [-0.1, -0.05) is 30.3 Å².